The summed E-state index contributed by atoms with van der Waals surface area (Å²) in [6.07, 6.45) is -0.266. The highest BCUT2D eigenvalue weighted by molar-refractivity contribution is 5.64. The Labute approximate surface area is 70.8 Å². The number of carbonyl (C=O) groups is 1. The van der Waals surface area contributed by atoms with Gasteiger partial charge in [-0.25, -0.2) is 4.79 Å². The van der Waals surface area contributed by atoms with E-state index in [2.05, 4.69) is 10.6 Å². The lowest BCUT2D eigenvalue weighted by molar-refractivity contribution is 0.148. The van der Waals surface area contributed by atoms with Crippen molar-refractivity contribution in [3.05, 3.63) is 0 Å². The van der Waals surface area contributed by atoms with Crippen molar-refractivity contribution in [2.75, 3.05) is 19.7 Å². The molecule has 1 heterocycles. The van der Waals surface area contributed by atoms with E-state index in [1.54, 1.807) is 0 Å². The van der Waals surface area contributed by atoms with E-state index in [0.717, 1.165) is 13.0 Å². The van der Waals surface area contributed by atoms with Crippen molar-refractivity contribution in [2.45, 2.75) is 12.5 Å². The zero-order chi connectivity index (χ0) is 8.97. The molecule has 0 spiro atoms. The van der Waals surface area contributed by atoms with E-state index in [1.807, 2.05) is 0 Å². The van der Waals surface area contributed by atoms with Crippen molar-refractivity contribution in [3.63, 3.8) is 0 Å². The molecular weight excluding hydrogens is 160 g/mol. The number of nitrogens with one attached hydrogen (secondary N) is 2. The molecule has 1 saturated heterocycles. The fourth-order valence-electron chi connectivity index (χ4n) is 1.46. The summed E-state index contributed by atoms with van der Waals surface area (Å²) in [5.74, 6) is 0.00912. The van der Waals surface area contributed by atoms with Crippen LogP contribution >= 0.6 is 0 Å². The molecule has 1 aliphatic rings. The van der Waals surface area contributed by atoms with Crippen LogP contribution in [-0.2, 0) is 0 Å². The lowest BCUT2D eigenvalue weighted by Gasteiger charge is -2.30. The van der Waals surface area contributed by atoms with Gasteiger partial charge in [-0.2, -0.15) is 0 Å². The van der Waals surface area contributed by atoms with Crippen molar-refractivity contribution in [1.82, 2.24) is 10.6 Å². The highest BCUT2D eigenvalue weighted by atomic mass is 16.4. The molecule has 0 saturated carbocycles. The Kier molecular flexibility index (Phi) is 3.31. The van der Waals surface area contributed by atoms with Gasteiger partial charge in [0.05, 0.1) is 0 Å². The largest absolute Gasteiger partial charge is 0.465 e. The zero-order valence-corrected chi connectivity index (χ0v) is 6.79. The monoisotopic (exact) mass is 174 g/mol. The summed E-state index contributed by atoms with van der Waals surface area (Å²) in [7, 11) is 0. The summed E-state index contributed by atoms with van der Waals surface area (Å²) in [5.41, 5.74) is 0. The highest BCUT2D eigenvalue weighted by Crippen LogP contribution is 2.10. The first-order valence-corrected chi connectivity index (χ1v) is 4.05. The number of rotatable bonds is 2. The topological polar surface area (TPSA) is 81.6 Å². The normalized spacial score (nSPS) is 29.8. The summed E-state index contributed by atoms with van der Waals surface area (Å²) in [4.78, 5) is 10.3. The number of hydrogen-bond donors (Lipinski definition) is 4. The van der Waals surface area contributed by atoms with Crippen LogP contribution in [-0.4, -0.2) is 42.0 Å². The second-order valence-corrected chi connectivity index (χ2v) is 2.99. The highest BCUT2D eigenvalue weighted by Gasteiger charge is 2.25. The van der Waals surface area contributed by atoms with Gasteiger partial charge < -0.3 is 20.8 Å². The van der Waals surface area contributed by atoms with Gasteiger partial charge in [-0.05, 0) is 13.0 Å². The molecule has 0 radical (unpaired) electrons. The van der Waals surface area contributed by atoms with E-state index in [0.29, 0.717) is 6.54 Å². The molecule has 12 heavy (non-hydrogen) atoms. The molecular formula is C7H14N2O3. The predicted octanol–water partition coefficient (Wildman–Crippen LogP) is -0.776. The van der Waals surface area contributed by atoms with Crippen molar-refractivity contribution in [1.29, 1.82) is 0 Å². The van der Waals surface area contributed by atoms with E-state index >= 15 is 0 Å². The Hall–Kier alpha value is -0.810. The first kappa shape index (κ1) is 9.28. The van der Waals surface area contributed by atoms with Crippen LogP contribution in [0.4, 0.5) is 4.79 Å². The fourth-order valence-corrected chi connectivity index (χ4v) is 1.46. The van der Waals surface area contributed by atoms with Gasteiger partial charge in [0.1, 0.15) is 0 Å². The molecule has 0 aromatic heterocycles. The Bertz CT molecular complexity index is 163. The van der Waals surface area contributed by atoms with E-state index in [4.69, 9.17) is 10.2 Å². The fraction of sp³-hybridized carbons (Fsp3) is 0.857. The van der Waals surface area contributed by atoms with Crippen molar-refractivity contribution in [2.24, 2.45) is 5.92 Å². The molecule has 1 aliphatic heterocycles. The van der Waals surface area contributed by atoms with Gasteiger partial charge in [0.25, 0.3) is 0 Å². The maximum absolute atomic E-state index is 10.3. The van der Waals surface area contributed by atoms with E-state index in [1.165, 1.54) is 0 Å². The second kappa shape index (κ2) is 4.27. The van der Waals surface area contributed by atoms with Gasteiger partial charge in [-0.15, -0.1) is 0 Å². The molecule has 1 rings (SSSR count). The number of hydrogen-bond acceptors (Lipinski definition) is 3. The number of piperidine rings is 1. The van der Waals surface area contributed by atoms with Crippen LogP contribution in [0.2, 0.25) is 0 Å². The zero-order valence-electron chi connectivity index (χ0n) is 6.79. The van der Waals surface area contributed by atoms with E-state index in [9.17, 15) is 4.79 Å². The summed E-state index contributed by atoms with van der Waals surface area (Å²) in [5, 5.41) is 22.9. The predicted molar refractivity (Wildman–Crippen MR) is 43.0 cm³/mol. The molecule has 70 valence electrons. The Balaban J connectivity index is 2.41. The number of aliphatic hydroxyl groups is 1. The van der Waals surface area contributed by atoms with Crippen molar-refractivity contribution in [3.8, 4) is 0 Å². The van der Waals surface area contributed by atoms with Crippen molar-refractivity contribution < 1.29 is 15.0 Å². The third kappa shape index (κ3) is 2.35. The molecule has 1 fully saturated rings. The number of amides is 1. The van der Waals surface area contributed by atoms with Crippen LogP contribution in [0.15, 0.2) is 0 Å². The van der Waals surface area contributed by atoms with Gasteiger partial charge in [-0.3, -0.25) is 0 Å². The molecule has 0 unspecified atom stereocenters. The van der Waals surface area contributed by atoms with Crippen LogP contribution in [0.3, 0.4) is 0 Å². The van der Waals surface area contributed by atoms with Gasteiger partial charge in [0.15, 0.2) is 0 Å². The smallest absolute Gasteiger partial charge is 0.404 e. The second-order valence-electron chi connectivity index (χ2n) is 2.99. The maximum Gasteiger partial charge on any atom is 0.404 e. The minimum atomic E-state index is -1.01. The van der Waals surface area contributed by atoms with E-state index < -0.39 is 6.09 Å². The summed E-state index contributed by atoms with van der Waals surface area (Å²) < 4.78 is 0. The van der Waals surface area contributed by atoms with Gasteiger partial charge in [0, 0.05) is 25.1 Å². The minimum absolute atomic E-state index is 0.00912. The molecule has 5 nitrogen and oxygen atoms in total. The Morgan fingerprint density at radius 2 is 2.42 bits per heavy atom. The molecule has 4 N–H and O–H groups in total. The first-order chi connectivity index (χ1) is 5.74. The lowest BCUT2D eigenvalue weighted by Crippen LogP contribution is -2.50. The van der Waals surface area contributed by atoms with Gasteiger partial charge in [-0.1, -0.05) is 0 Å². The first-order valence-electron chi connectivity index (χ1n) is 4.05. The SMILES string of the molecule is O=C(O)N[C@H]1CCNC[C@H]1CO. The van der Waals surface area contributed by atoms with Crippen molar-refractivity contribution >= 4 is 6.09 Å². The summed E-state index contributed by atoms with van der Waals surface area (Å²) in [6.45, 7) is 1.51. The van der Waals surface area contributed by atoms with Crippen LogP contribution in [0.1, 0.15) is 6.42 Å². The molecule has 0 aromatic rings. The number of aliphatic hydroxyl groups excluding tert-OH is 1. The minimum Gasteiger partial charge on any atom is -0.465 e. The molecule has 0 aromatic carbocycles. The molecule has 0 aliphatic carbocycles. The maximum atomic E-state index is 10.3. The molecule has 1 amide bonds. The van der Waals surface area contributed by atoms with Crippen LogP contribution in [0, 0.1) is 5.92 Å². The third-order valence-corrected chi connectivity index (χ3v) is 2.15. The molecule has 5 heteroatoms. The van der Waals surface area contributed by atoms with Gasteiger partial charge in [0.2, 0.25) is 0 Å². The van der Waals surface area contributed by atoms with Crippen LogP contribution in [0.25, 0.3) is 0 Å². The lowest BCUT2D eigenvalue weighted by atomic mass is 9.94. The standard InChI is InChI=1S/C7H14N2O3/c10-4-5-3-8-2-1-6(5)9-7(11)12/h5-6,8-10H,1-4H2,(H,11,12)/t5-,6-/m0/s1. The van der Waals surface area contributed by atoms with Gasteiger partial charge >= 0.3 is 6.09 Å². The Morgan fingerprint density at radius 1 is 1.67 bits per heavy atom. The average Bonchev–Trinajstić information content (AvgIpc) is 2.04. The quantitative estimate of drug-likeness (QED) is 0.443. The molecule has 0 bridgehead atoms. The van der Waals surface area contributed by atoms with Crippen LogP contribution in [0.5, 0.6) is 0 Å². The third-order valence-electron chi connectivity index (χ3n) is 2.15. The molecule has 2 atom stereocenters. The summed E-state index contributed by atoms with van der Waals surface area (Å²) in [6, 6.07) is -0.103. The Morgan fingerprint density at radius 3 is 3.00 bits per heavy atom. The van der Waals surface area contributed by atoms with Crippen LogP contribution < -0.4 is 10.6 Å². The average molecular weight is 174 g/mol. The van der Waals surface area contributed by atoms with E-state index in [-0.39, 0.29) is 18.6 Å². The number of carboxylic acid groups (broad SMARTS) is 1. The summed E-state index contributed by atoms with van der Waals surface area (Å²) >= 11 is 0.